The van der Waals surface area contributed by atoms with Gasteiger partial charge in [0.2, 0.25) is 5.95 Å². The molecule has 3 aromatic rings. The number of anilines is 1. The van der Waals surface area contributed by atoms with E-state index in [1.54, 1.807) is 11.6 Å². The summed E-state index contributed by atoms with van der Waals surface area (Å²) in [5, 5.41) is 10.8. The molecule has 9 heteroatoms. The summed E-state index contributed by atoms with van der Waals surface area (Å²) in [7, 11) is 3.08. The van der Waals surface area contributed by atoms with Crippen molar-refractivity contribution in [3.05, 3.63) is 50.7 Å². The Kier molecular flexibility index (Phi) is 6.88. The van der Waals surface area contributed by atoms with E-state index in [4.69, 9.17) is 9.72 Å². The first kappa shape index (κ1) is 23.1. The summed E-state index contributed by atoms with van der Waals surface area (Å²) in [5.74, 6) is 1.31. The molecule has 0 unspecified atom stereocenters. The SMILES string of the molecule is CCc1ccc(OC[C@@H](O)Cn2c(N3CCCCCC3)nc3c2c(=O)n(C)c(=O)n3C)cc1. The summed E-state index contributed by atoms with van der Waals surface area (Å²) >= 11 is 0. The lowest BCUT2D eigenvalue weighted by atomic mass is 10.2. The first-order valence-electron chi connectivity index (χ1n) is 11.7. The number of nitrogens with zero attached hydrogens (tertiary/aromatic N) is 5. The van der Waals surface area contributed by atoms with Crippen LogP contribution in [0, 0.1) is 0 Å². The molecule has 1 atom stereocenters. The van der Waals surface area contributed by atoms with Gasteiger partial charge in [-0.05, 0) is 37.0 Å². The van der Waals surface area contributed by atoms with Crippen LogP contribution in [-0.4, -0.2) is 49.6 Å². The lowest BCUT2D eigenvalue weighted by molar-refractivity contribution is 0.0936. The van der Waals surface area contributed by atoms with Crippen molar-refractivity contribution in [2.45, 2.75) is 51.7 Å². The van der Waals surface area contributed by atoms with Gasteiger partial charge in [-0.3, -0.25) is 13.9 Å². The number of imidazole rings is 1. The molecule has 0 saturated carbocycles. The smallest absolute Gasteiger partial charge is 0.332 e. The number of fused-ring (bicyclic) bond motifs is 1. The molecule has 0 radical (unpaired) electrons. The summed E-state index contributed by atoms with van der Waals surface area (Å²) in [6.45, 7) is 3.97. The van der Waals surface area contributed by atoms with Gasteiger partial charge < -0.3 is 19.3 Å². The second kappa shape index (κ2) is 9.82. The van der Waals surface area contributed by atoms with Crippen LogP contribution in [0.1, 0.15) is 38.2 Å². The number of hydrogen-bond acceptors (Lipinski definition) is 6. The molecule has 33 heavy (non-hydrogen) atoms. The van der Waals surface area contributed by atoms with E-state index in [-0.39, 0.29) is 13.2 Å². The van der Waals surface area contributed by atoms with Crippen molar-refractivity contribution in [1.82, 2.24) is 18.7 Å². The van der Waals surface area contributed by atoms with Crippen molar-refractivity contribution in [3.63, 3.8) is 0 Å². The average Bonchev–Trinajstić information content (AvgIpc) is 2.99. The number of aliphatic hydroxyl groups is 1. The normalized spacial score (nSPS) is 15.6. The summed E-state index contributed by atoms with van der Waals surface area (Å²) in [6, 6.07) is 7.80. The van der Waals surface area contributed by atoms with Crippen molar-refractivity contribution in [3.8, 4) is 5.75 Å². The molecule has 3 heterocycles. The number of aryl methyl sites for hydroxylation is 2. The highest BCUT2D eigenvalue weighted by atomic mass is 16.5. The Labute approximate surface area is 192 Å². The second-order valence-corrected chi connectivity index (χ2v) is 8.76. The molecule has 0 aliphatic carbocycles. The van der Waals surface area contributed by atoms with E-state index >= 15 is 0 Å². The lowest BCUT2D eigenvalue weighted by Gasteiger charge is -2.23. The molecule has 1 saturated heterocycles. The monoisotopic (exact) mass is 455 g/mol. The van der Waals surface area contributed by atoms with Gasteiger partial charge in [-0.25, -0.2) is 4.79 Å². The number of benzene rings is 1. The minimum absolute atomic E-state index is 0.0800. The number of aliphatic hydroxyl groups excluding tert-OH is 1. The zero-order valence-electron chi connectivity index (χ0n) is 19.7. The fraction of sp³-hybridized carbons (Fsp3) is 0.542. The summed E-state index contributed by atoms with van der Waals surface area (Å²) in [4.78, 5) is 32.4. The fourth-order valence-electron chi connectivity index (χ4n) is 4.40. The van der Waals surface area contributed by atoms with Crippen LogP contribution in [0.15, 0.2) is 33.9 Å². The lowest BCUT2D eigenvalue weighted by Crippen LogP contribution is -2.38. The predicted molar refractivity (Wildman–Crippen MR) is 128 cm³/mol. The number of rotatable bonds is 7. The maximum atomic E-state index is 13.1. The average molecular weight is 456 g/mol. The van der Waals surface area contributed by atoms with Crippen molar-refractivity contribution in [2.75, 3.05) is 24.6 Å². The number of hydrogen-bond donors (Lipinski definition) is 1. The standard InChI is InChI=1S/C24H33N5O4/c1-4-17-9-11-19(12-10-17)33-16-18(30)15-29-20-21(26(2)24(32)27(3)22(20)31)25-23(29)28-13-7-5-6-8-14-28/h9-12,18,30H,4-8,13-16H2,1-3H3/t18-/m0/s1. The van der Waals surface area contributed by atoms with E-state index in [9.17, 15) is 14.7 Å². The van der Waals surface area contributed by atoms with Gasteiger partial charge in [0.1, 0.15) is 18.5 Å². The van der Waals surface area contributed by atoms with Crippen molar-refractivity contribution >= 4 is 17.1 Å². The summed E-state index contributed by atoms with van der Waals surface area (Å²) in [6.07, 6.45) is 4.49. The molecule has 0 bridgehead atoms. The molecule has 1 aliphatic rings. The Balaban J connectivity index is 1.67. The first-order valence-corrected chi connectivity index (χ1v) is 11.7. The highest BCUT2D eigenvalue weighted by Gasteiger charge is 2.25. The van der Waals surface area contributed by atoms with E-state index in [2.05, 4.69) is 11.8 Å². The third-order valence-electron chi connectivity index (χ3n) is 6.38. The van der Waals surface area contributed by atoms with Crippen LogP contribution in [0.25, 0.3) is 11.2 Å². The molecular formula is C24H33N5O4. The van der Waals surface area contributed by atoms with Crippen molar-refractivity contribution in [1.29, 1.82) is 0 Å². The van der Waals surface area contributed by atoms with Gasteiger partial charge in [0.15, 0.2) is 11.2 Å². The Morgan fingerprint density at radius 3 is 2.33 bits per heavy atom. The summed E-state index contributed by atoms with van der Waals surface area (Å²) in [5.41, 5.74) is 1.05. The highest BCUT2D eigenvalue weighted by Crippen LogP contribution is 2.23. The van der Waals surface area contributed by atoms with Gasteiger partial charge in [0.05, 0.1) is 6.54 Å². The maximum Gasteiger partial charge on any atom is 0.332 e. The van der Waals surface area contributed by atoms with E-state index in [0.717, 1.165) is 49.8 Å². The van der Waals surface area contributed by atoms with Gasteiger partial charge in [-0.15, -0.1) is 0 Å². The van der Waals surface area contributed by atoms with Crippen LogP contribution in [0.5, 0.6) is 5.75 Å². The van der Waals surface area contributed by atoms with Crippen molar-refractivity contribution < 1.29 is 9.84 Å². The molecule has 1 aliphatic heterocycles. The van der Waals surface area contributed by atoms with E-state index in [0.29, 0.717) is 22.9 Å². The molecular weight excluding hydrogens is 422 g/mol. The summed E-state index contributed by atoms with van der Waals surface area (Å²) < 4.78 is 10.0. The first-order chi connectivity index (χ1) is 15.9. The molecule has 1 N–H and O–H groups in total. The zero-order valence-corrected chi connectivity index (χ0v) is 19.7. The van der Waals surface area contributed by atoms with Crippen LogP contribution < -0.4 is 20.9 Å². The maximum absolute atomic E-state index is 13.1. The van der Waals surface area contributed by atoms with Gasteiger partial charge in [-0.2, -0.15) is 4.98 Å². The predicted octanol–water partition coefficient (Wildman–Crippen LogP) is 1.82. The van der Waals surface area contributed by atoms with Crippen LogP contribution in [0.4, 0.5) is 5.95 Å². The molecule has 0 amide bonds. The molecule has 4 rings (SSSR count). The topological polar surface area (TPSA) is 94.5 Å². The van der Waals surface area contributed by atoms with Crippen LogP contribution in [0.2, 0.25) is 0 Å². The largest absolute Gasteiger partial charge is 0.491 e. The number of ether oxygens (including phenoxy) is 1. The molecule has 1 fully saturated rings. The zero-order chi connectivity index (χ0) is 23.5. The highest BCUT2D eigenvalue weighted by molar-refractivity contribution is 5.74. The van der Waals surface area contributed by atoms with Crippen LogP contribution in [-0.2, 0) is 27.1 Å². The van der Waals surface area contributed by atoms with Crippen LogP contribution >= 0.6 is 0 Å². The third kappa shape index (κ3) is 4.68. The Morgan fingerprint density at radius 2 is 1.70 bits per heavy atom. The van der Waals surface area contributed by atoms with E-state index < -0.39 is 17.4 Å². The Bertz CT molecular complexity index is 1220. The molecule has 178 valence electrons. The van der Waals surface area contributed by atoms with E-state index in [1.807, 2.05) is 24.3 Å². The Hall–Kier alpha value is -3.07. The molecule has 2 aromatic heterocycles. The Morgan fingerprint density at radius 1 is 1.03 bits per heavy atom. The molecule has 9 nitrogen and oxygen atoms in total. The second-order valence-electron chi connectivity index (χ2n) is 8.76. The van der Waals surface area contributed by atoms with E-state index in [1.165, 1.54) is 17.2 Å². The van der Waals surface area contributed by atoms with Gasteiger partial charge >= 0.3 is 5.69 Å². The molecule has 0 spiro atoms. The van der Waals surface area contributed by atoms with Crippen molar-refractivity contribution in [2.24, 2.45) is 14.1 Å². The fourth-order valence-corrected chi connectivity index (χ4v) is 4.40. The minimum Gasteiger partial charge on any atom is -0.491 e. The number of aromatic nitrogens is 4. The molecule has 1 aromatic carbocycles. The minimum atomic E-state index is -0.860. The third-order valence-corrected chi connectivity index (χ3v) is 6.38. The van der Waals surface area contributed by atoms with Gasteiger partial charge in [0.25, 0.3) is 5.56 Å². The quantitative estimate of drug-likeness (QED) is 0.584. The van der Waals surface area contributed by atoms with Gasteiger partial charge in [0, 0.05) is 27.2 Å². The van der Waals surface area contributed by atoms with Gasteiger partial charge in [-0.1, -0.05) is 31.9 Å². The van der Waals surface area contributed by atoms with Crippen LogP contribution in [0.3, 0.4) is 0 Å².